The molecule has 0 bridgehead atoms. The number of alkyl carbamates (subject to hydrolysis) is 2. The Bertz CT molecular complexity index is 658. The van der Waals surface area contributed by atoms with Crippen molar-refractivity contribution in [3.63, 3.8) is 0 Å². The molecule has 136 valence electrons. The third-order valence-corrected chi connectivity index (χ3v) is 4.31. The van der Waals surface area contributed by atoms with E-state index in [0.717, 1.165) is 24.0 Å². The van der Waals surface area contributed by atoms with Crippen molar-refractivity contribution < 1.29 is 19.1 Å². The predicted octanol–water partition coefficient (Wildman–Crippen LogP) is 3.37. The molecular weight excluding hydrogens is 332 g/mol. The monoisotopic (exact) mass is 354 g/mol. The average Bonchev–Trinajstić information content (AvgIpc) is 2.68. The molecule has 6 nitrogen and oxygen atoms in total. The fourth-order valence-corrected chi connectivity index (χ4v) is 2.68. The second kappa shape index (κ2) is 8.89. The number of hydrogen-bond acceptors (Lipinski definition) is 4. The lowest BCUT2D eigenvalue weighted by Crippen LogP contribution is -2.58. The molecule has 2 amide bonds. The molecule has 0 heterocycles. The number of carbonyl (C=O) groups is 2. The van der Waals surface area contributed by atoms with Crippen molar-refractivity contribution in [3.8, 4) is 0 Å². The van der Waals surface area contributed by atoms with Crippen molar-refractivity contribution in [2.75, 3.05) is 0 Å². The summed E-state index contributed by atoms with van der Waals surface area (Å²) in [4.78, 5) is 23.8. The Morgan fingerprint density at radius 3 is 1.46 bits per heavy atom. The molecule has 1 aliphatic carbocycles. The van der Waals surface area contributed by atoms with Gasteiger partial charge < -0.3 is 20.1 Å². The Balaban J connectivity index is 1.36. The van der Waals surface area contributed by atoms with Gasteiger partial charge in [0.1, 0.15) is 13.2 Å². The molecule has 0 spiro atoms. The zero-order valence-electron chi connectivity index (χ0n) is 14.4. The molecule has 2 aromatic carbocycles. The topological polar surface area (TPSA) is 76.7 Å². The fraction of sp³-hybridized carbons (Fsp3) is 0.300. The van der Waals surface area contributed by atoms with Crippen LogP contribution in [-0.2, 0) is 22.7 Å². The summed E-state index contributed by atoms with van der Waals surface area (Å²) < 4.78 is 10.4. The minimum absolute atomic E-state index is 0.137. The van der Waals surface area contributed by atoms with Crippen LogP contribution in [0, 0.1) is 0 Å². The summed E-state index contributed by atoms with van der Waals surface area (Å²) in [6.07, 6.45) is 0.625. The Hall–Kier alpha value is -3.02. The molecule has 0 aromatic heterocycles. The fourth-order valence-electron chi connectivity index (χ4n) is 2.68. The zero-order valence-corrected chi connectivity index (χ0v) is 14.4. The number of rotatable bonds is 6. The van der Waals surface area contributed by atoms with E-state index in [2.05, 4.69) is 10.6 Å². The first-order chi connectivity index (χ1) is 12.7. The van der Waals surface area contributed by atoms with Crippen LogP contribution in [0.15, 0.2) is 60.7 Å². The number of hydrogen-bond donors (Lipinski definition) is 2. The lowest BCUT2D eigenvalue weighted by Gasteiger charge is -2.36. The Morgan fingerprint density at radius 2 is 1.12 bits per heavy atom. The van der Waals surface area contributed by atoms with Crippen molar-refractivity contribution in [1.29, 1.82) is 0 Å². The molecule has 0 unspecified atom stereocenters. The Morgan fingerprint density at radius 1 is 0.731 bits per heavy atom. The van der Waals surface area contributed by atoms with Crippen molar-refractivity contribution >= 4 is 12.2 Å². The smallest absolute Gasteiger partial charge is 0.407 e. The standard InChI is InChI=1S/C20H22N2O4/c23-19(25-13-15-7-3-1-4-8-15)21-17-11-12-18(17)22-20(24)26-14-16-9-5-2-6-10-16/h1-10,17-18H,11-14H2,(H,21,23)(H,22,24)/t17-,18-/m0/s1. The van der Waals surface area contributed by atoms with Crippen LogP contribution in [0.25, 0.3) is 0 Å². The van der Waals surface area contributed by atoms with E-state index in [1.807, 2.05) is 60.7 Å². The molecular formula is C20H22N2O4. The van der Waals surface area contributed by atoms with E-state index in [4.69, 9.17) is 9.47 Å². The maximum absolute atomic E-state index is 11.9. The van der Waals surface area contributed by atoms with E-state index in [0.29, 0.717) is 0 Å². The molecule has 6 heteroatoms. The lowest BCUT2D eigenvalue weighted by molar-refractivity contribution is 0.110. The zero-order chi connectivity index (χ0) is 18.2. The lowest BCUT2D eigenvalue weighted by atomic mass is 9.86. The first-order valence-electron chi connectivity index (χ1n) is 8.65. The third-order valence-electron chi connectivity index (χ3n) is 4.31. The molecule has 3 rings (SSSR count). The van der Waals surface area contributed by atoms with Crippen LogP contribution in [0.4, 0.5) is 9.59 Å². The van der Waals surface area contributed by atoms with E-state index in [1.165, 1.54) is 0 Å². The molecule has 0 radical (unpaired) electrons. The number of ether oxygens (including phenoxy) is 2. The van der Waals surface area contributed by atoms with Crippen LogP contribution >= 0.6 is 0 Å². The first-order valence-corrected chi connectivity index (χ1v) is 8.65. The van der Waals surface area contributed by atoms with E-state index < -0.39 is 12.2 Å². The van der Waals surface area contributed by atoms with Crippen LogP contribution in [-0.4, -0.2) is 24.3 Å². The normalized spacial score (nSPS) is 18.3. The molecule has 0 aliphatic heterocycles. The van der Waals surface area contributed by atoms with E-state index in [9.17, 15) is 9.59 Å². The minimum Gasteiger partial charge on any atom is -0.445 e. The summed E-state index contributed by atoms with van der Waals surface area (Å²) >= 11 is 0. The van der Waals surface area contributed by atoms with Gasteiger partial charge in [-0.15, -0.1) is 0 Å². The maximum atomic E-state index is 11.9. The van der Waals surface area contributed by atoms with Crippen LogP contribution in [0.5, 0.6) is 0 Å². The van der Waals surface area contributed by atoms with Gasteiger partial charge in [-0.2, -0.15) is 0 Å². The Labute approximate surface area is 152 Å². The van der Waals surface area contributed by atoms with E-state index in [-0.39, 0.29) is 25.3 Å². The van der Waals surface area contributed by atoms with Gasteiger partial charge in [-0.3, -0.25) is 0 Å². The highest BCUT2D eigenvalue weighted by molar-refractivity contribution is 5.70. The van der Waals surface area contributed by atoms with Gasteiger partial charge in [0.25, 0.3) is 0 Å². The number of benzene rings is 2. The SMILES string of the molecule is O=C(N[C@H]1CC[C@@H]1NC(=O)OCc1ccccc1)OCc1ccccc1. The van der Waals surface area contributed by atoms with Gasteiger partial charge in [0.15, 0.2) is 0 Å². The van der Waals surface area contributed by atoms with Crippen molar-refractivity contribution in [1.82, 2.24) is 10.6 Å². The van der Waals surface area contributed by atoms with Crippen LogP contribution in [0.3, 0.4) is 0 Å². The minimum atomic E-state index is -0.483. The van der Waals surface area contributed by atoms with Gasteiger partial charge in [0, 0.05) is 0 Å². The van der Waals surface area contributed by atoms with Crippen LogP contribution < -0.4 is 10.6 Å². The number of carbonyl (C=O) groups excluding carboxylic acids is 2. The van der Waals surface area contributed by atoms with Crippen molar-refractivity contribution in [2.24, 2.45) is 0 Å². The predicted molar refractivity (Wildman–Crippen MR) is 96.3 cm³/mol. The summed E-state index contributed by atoms with van der Waals surface area (Å²) in [7, 11) is 0. The summed E-state index contributed by atoms with van der Waals surface area (Å²) in [6.45, 7) is 0.438. The summed E-state index contributed by atoms with van der Waals surface area (Å²) in [5, 5.41) is 5.57. The molecule has 2 N–H and O–H groups in total. The summed E-state index contributed by atoms with van der Waals surface area (Å²) in [5.41, 5.74) is 1.85. The molecule has 2 aromatic rings. The van der Waals surface area contributed by atoms with E-state index in [1.54, 1.807) is 0 Å². The highest BCUT2D eigenvalue weighted by atomic mass is 16.6. The van der Waals surface area contributed by atoms with E-state index >= 15 is 0 Å². The van der Waals surface area contributed by atoms with Gasteiger partial charge in [0.05, 0.1) is 12.1 Å². The third kappa shape index (κ3) is 5.24. The maximum Gasteiger partial charge on any atom is 0.407 e. The summed E-state index contributed by atoms with van der Waals surface area (Å²) in [6, 6.07) is 18.7. The number of nitrogens with one attached hydrogen (secondary N) is 2. The molecule has 0 saturated heterocycles. The van der Waals surface area contributed by atoms with Gasteiger partial charge >= 0.3 is 12.2 Å². The van der Waals surface area contributed by atoms with Crippen LogP contribution in [0.1, 0.15) is 24.0 Å². The van der Waals surface area contributed by atoms with Gasteiger partial charge in [-0.25, -0.2) is 9.59 Å². The van der Waals surface area contributed by atoms with Crippen molar-refractivity contribution in [2.45, 2.75) is 38.1 Å². The highest BCUT2D eigenvalue weighted by Crippen LogP contribution is 2.20. The molecule has 1 aliphatic rings. The largest absolute Gasteiger partial charge is 0.445 e. The molecule has 1 saturated carbocycles. The van der Waals surface area contributed by atoms with Gasteiger partial charge in [-0.05, 0) is 24.0 Å². The molecule has 2 atom stereocenters. The number of amides is 2. The highest BCUT2D eigenvalue weighted by Gasteiger charge is 2.34. The average molecular weight is 354 g/mol. The summed E-state index contributed by atoms with van der Waals surface area (Å²) in [5.74, 6) is 0. The van der Waals surface area contributed by atoms with Gasteiger partial charge in [-0.1, -0.05) is 60.7 Å². The van der Waals surface area contributed by atoms with Crippen molar-refractivity contribution in [3.05, 3.63) is 71.8 Å². The Kier molecular flexibility index (Phi) is 6.09. The first kappa shape index (κ1) is 17.8. The van der Waals surface area contributed by atoms with Gasteiger partial charge in [0.2, 0.25) is 0 Å². The molecule has 1 fully saturated rings. The second-order valence-electron chi connectivity index (χ2n) is 6.20. The second-order valence-corrected chi connectivity index (χ2v) is 6.20. The molecule has 26 heavy (non-hydrogen) atoms. The quantitative estimate of drug-likeness (QED) is 0.834. The van der Waals surface area contributed by atoms with Crippen LogP contribution in [0.2, 0.25) is 0 Å².